The molecule has 0 atom stereocenters. The van der Waals surface area contributed by atoms with Crippen molar-refractivity contribution in [2.24, 2.45) is 0 Å². The molecular weight excluding hydrogens is 340 g/mol. The molecule has 6 nitrogen and oxygen atoms in total. The predicted molar refractivity (Wildman–Crippen MR) is 93.4 cm³/mol. The Kier molecular flexibility index (Phi) is 4.18. The SMILES string of the molecule is Cc1ccc(S(=O)(=O)n2ccn(C(=O)c3ccccc3C)c2=O)cc1. The van der Waals surface area contributed by atoms with Gasteiger partial charge in [-0.05, 0) is 37.6 Å². The van der Waals surface area contributed by atoms with Crippen LogP contribution in [0.4, 0.5) is 0 Å². The fourth-order valence-corrected chi connectivity index (χ4v) is 3.68. The summed E-state index contributed by atoms with van der Waals surface area (Å²) in [5.74, 6) is -0.569. The van der Waals surface area contributed by atoms with E-state index >= 15 is 0 Å². The number of nitrogens with zero attached hydrogens (tertiary/aromatic N) is 2. The highest BCUT2D eigenvalue weighted by Crippen LogP contribution is 2.14. The molecule has 25 heavy (non-hydrogen) atoms. The molecule has 128 valence electrons. The number of hydrogen-bond acceptors (Lipinski definition) is 4. The lowest BCUT2D eigenvalue weighted by Gasteiger charge is -2.06. The third-order valence-electron chi connectivity index (χ3n) is 3.92. The van der Waals surface area contributed by atoms with Crippen LogP contribution in [0, 0.1) is 13.8 Å². The van der Waals surface area contributed by atoms with E-state index in [1.165, 1.54) is 18.3 Å². The molecule has 1 aromatic heterocycles. The van der Waals surface area contributed by atoms with E-state index in [2.05, 4.69) is 0 Å². The summed E-state index contributed by atoms with van der Waals surface area (Å²) in [7, 11) is -4.06. The van der Waals surface area contributed by atoms with Gasteiger partial charge in [-0.15, -0.1) is 0 Å². The van der Waals surface area contributed by atoms with Gasteiger partial charge in [-0.2, -0.15) is 3.97 Å². The number of carbonyl (C=O) groups is 1. The van der Waals surface area contributed by atoms with Crippen molar-refractivity contribution in [1.82, 2.24) is 8.54 Å². The Morgan fingerprint density at radius 2 is 1.56 bits per heavy atom. The summed E-state index contributed by atoms with van der Waals surface area (Å²) in [6.45, 7) is 3.58. The van der Waals surface area contributed by atoms with Crippen molar-refractivity contribution in [3.8, 4) is 0 Å². The number of benzene rings is 2. The third kappa shape index (κ3) is 2.94. The average molecular weight is 356 g/mol. The van der Waals surface area contributed by atoms with Crippen LogP contribution in [0.3, 0.4) is 0 Å². The van der Waals surface area contributed by atoms with Crippen molar-refractivity contribution >= 4 is 15.9 Å². The Balaban J connectivity index is 2.08. The molecule has 0 N–H and O–H groups in total. The molecule has 0 saturated carbocycles. The fourth-order valence-electron chi connectivity index (χ4n) is 2.46. The minimum absolute atomic E-state index is 0.0127. The van der Waals surface area contributed by atoms with Crippen molar-refractivity contribution in [2.75, 3.05) is 0 Å². The van der Waals surface area contributed by atoms with Crippen molar-refractivity contribution in [1.29, 1.82) is 0 Å². The molecular formula is C18H16N2O4S. The molecule has 1 heterocycles. The molecule has 0 saturated heterocycles. The molecule has 0 aliphatic carbocycles. The van der Waals surface area contributed by atoms with Gasteiger partial charge in [0.25, 0.3) is 15.9 Å². The predicted octanol–water partition coefficient (Wildman–Crippen LogP) is 2.19. The Morgan fingerprint density at radius 3 is 2.20 bits per heavy atom. The molecule has 0 fully saturated rings. The van der Waals surface area contributed by atoms with E-state index in [0.29, 0.717) is 15.1 Å². The van der Waals surface area contributed by atoms with Crippen LogP contribution >= 0.6 is 0 Å². The van der Waals surface area contributed by atoms with Gasteiger partial charge in [0.2, 0.25) is 0 Å². The highest BCUT2D eigenvalue weighted by Gasteiger charge is 2.23. The lowest BCUT2D eigenvalue weighted by atomic mass is 10.1. The summed E-state index contributed by atoms with van der Waals surface area (Å²) < 4.78 is 26.7. The van der Waals surface area contributed by atoms with Crippen LogP contribution < -0.4 is 5.69 Å². The van der Waals surface area contributed by atoms with Gasteiger partial charge in [-0.3, -0.25) is 4.79 Å². The first-order valence-electron chi connectivity index (χ1n) is 7.55. The van der Waals surface area contributed by atoms with Gasteiger partial charge in [0, 0.05) is 18.0 Å². The van der Waals surface area contributed by atoms with E-state index in [1.807, 2.05) is 6.92 Å². The van der Waals surface area contributed by atoms with Crippen molar-refractivity contribution in [3.05, 3.63) is 88.1 Å². The number of carbonyl (C=O) groups excluding carboxylic acids is 1. The van der Waals surface area contributed by atoms with E-state index in [9.17, 15) is 18.0 Å². The van der Waals surface area contributed by atoms with Crippen LogP contribution in [0.1, 0.15) is 21.5 Å². The molecule has 0 aliphatic heterocycles. The number of rotatable bonds is 3. The zero-order chi connectivity index (χ0) is 18.2. The second-order valence-corrected chi connectivity index (χ2v) is 7.50. The third-order valence-corrected chi connectivity index (χ3v) is 5.58. The normalized spacial score (nSPS) is 11.4. The number of aromatic nitrogens is 2. The smallest absolute Gasteiger partial charge is 0.268 e. The van der Waals surface area contributed by atoms with Gasteiger partial charge in [-0.1, -0.05) is 35.9 Å². The molecule has 3 aromatic rings. The minimum atomic E-state index is -4.06. The van der Waals surface area contributed by atoms with Gasteiger partial charge in [-0.25, -0.2) is 17.8 Å². The summed E-state index contributed by atoms with van der Waals surface area (Å²) in [6, 6.07) is 13.0. The summed E-state index contributed by atoms with van der Waals surface area (Å²) in [4.78, 5) is 25.1. The Hall–Kier alpha value is -2.93. The maximum Gasteiger partial charge on any atom is 0.349 e. The van der Waals surface area contributed by atoms with Crippen molar-refractivity contribution in [3.63, 3.8) is 0 Å². The first-order valence-corrected chi connectivity index (χ1v) is 8.99. The zero-order valence-electron chi connectivity index (χ0n) is 13.7. The highest BCUT2D eigenvalue weighted by molar-refractivity contribution is 7.90. The molecule has 0 amide bonds. The lowest BCUT2D eigenvalue weighted by Crippen LogP contribution is -2.32. The van der Waals surface area contributed by atoms with E-state index in [4.69, 9.17) is 0 Å². The van der Waals surface area contributed by atoms with Gasteiger partial charge >= 0.3 is 5.69 Å². The fraction of sp³-hybridized carbons (Fsp3) is 0.111. The molecule has 0 spiro atoms. The van der Waals surface area contributed by atoms with E-state index in [1.54, 1.807) is 43.3 Å². The van der Waals surface area contributed by atoms with Gasteiger partial charge in [0.1, 0.15) is 0 Å². The maximum atomic E-state index is 12.6. The van der Waals surface area contributed by atoms with E-state index in [-0.39, 0.29) is 4.90 Å². The van der Waals surface area contributed by atoms with Crippen LogP contribution in [-0.4, -0.2) is 22.9 Å². The Morgan fingerprint density at radius 1 is 0.920 bits per heavy atom. The average Bonchev–Trinajstić information content (AvgIpc) is 2.97. The van der Waals surface area contributed by atoms with Crippen LogP contribution in [0.15, 0.2) is 70.6 Å². The summed E-state index contributed by atoms with van der Waals surface area (Å²) >= 11 is 0. The van der Waals surface area contributed by atoms with Crippen LogP contribution in [0.25, 0.3) is 0 Å². The Labute approximate surface area is 145 Å². The summed E-state index contributed by atoms with van der Waals surface area (Å²) in [5, 5.41) is 0. The van der Waals surface area contributed by atoms with Gasteiger partial charge in [0.05, 0.1) is 4.90 Å². The minimum Gasteiger partial charge on any atom is -0.268 e. The largest absolute Gasteiger partial charge is 0.349 e. The van der Waals surface area contributed by atoms with Gasteiger partial charge < -0.3 is 0 Å². The maximum absolute atomic E-state index is 12.6. The highest BCUT2D eigenvalue weighted by atomic mass is 32.2. The molecule has 2 aromatic carbocycles. The molecule has 0 radical (unpaired) electrons. The first-order chi connectivity index (χ1) is 11.8. The van der Waals surface area contributed by atoms with Crippen molar-refractivity contribution in [2.45, 2.75) is 18.7 Å². The standard InChI is InChI=1S/C18H16N2O4S/c1-13-7-9-15(10-8-13)25(23,24)20-12-11-19(18(20)22)17(21)16-6-4-3-5-14(16)2/h3-12H,1-2H3. The number of aryl methyl sites for hydroxylation is 2. The number of hydrogen-bond donors (Lipinski definition) is 0. The summed E-state index contributed by atoms with van der Waals surface area (Å²) in [6.07, 6.45) is 2.26. The lowest BCUT2D eigenvalue weighted by molar-refractivity contribution is 0.0955. The zero-order valence-corrected chi connectivity index (χ0v) is 14.5. The van der Waals surface area contributed by atoms with Crippen LogP contribution in [-0.2, 0) is 10.0 Å². The molecule has 3 rings (SSSR count). The summed E-state index contributed by atoms with van der Waals surface area (Å²) in [5.41, 5.74) is 1.02. The van der Waals surface area contributed by atoms with Crippen molar-refractivity contribution < 1.29 is 13.2 Å². The molecule has 7 heteroatoms. The second kappa shape index (κ2) is 6.18. The van der Waals surface area contributed by atoms with E-state index < -0.39 is 21.6 Å². The number of imidazole rings is 1. The van der Waals surface area contributed by atoms with E-state index in [0.717, 1.165) is 16.3 Å². The Bertz CT molecular complexity index is 1110. The van der Waals surface area contributed by atoms with Gasteiger partial charge in [0.15, 0.2) is 0 Å². The molecule has 0 bridgehead atoms. The van der Waals surface area contributed by atoms with Crippen LogP contribution in [0.2, 0.25) is 0 Å². The molecule has 0 aliphatic rings. The van der Waals surface area contributed by atoms with Crippen LogP contribution in [0.5, 0.6) is 0 Å². The molecule has 0 unspecified atom stereocenters. The topological polar surface area (TPSA) is 78.1 Å². The first kappa shape index (κ1) is 16.9. The quantitative estimate of drug-likeness (QED) is 0.721. The second-order valence-electron chi connectivity index (χ2n) is 5.68. The monoisotopic (exact) mass is 356 g/mol.